The van der Waals surface area contributed by atoms with Crippen LogP contribution in [0, 0.1) is 5.92 Å². The van der Waals surface area contributed by atoms with Crippen molar-refractivity contribution in [1.82, 2.24) is 4.98 Å². The van der Waals surface area contributed by atoms with Crippen molar-refractivity contribution in [3.05, 3.63) is 24.1 Å². The molecule has 1 N–H and O–H groups in total. The van der Waals surface area contributed by atoms with E-state index in [1.807, 2.05) is 6.07 Å². The summed E-state index contributed by atoms with van der Waals surface area (Å²) in [6, 6.07) is 6.51. The Balaban J connectivity index is 1.80. The van der Waals surface area contributed by atoms with Crippen LogP contribution in [0.1, 0.15) is 38.5 Å². The van der Waals surface area contributed by atoms with Crippen LogP contribution < -0.4 is 5.32 Å². The lowest BCUT2D eigenvalue weighted by Gasteiger charge is -2.18. The Bertz CT molecular complexity index is 587. The van der Waals surface area contributed by atoms with E-state index in [4.69, 9.17) is 9.15 Å². The summed E-state index contributed by atoms with van der Waals surface area (Å²) in [6.45, 7) is 4.93. The number of anilines is 1. The van der Waals surface area contributed by atoms with E-state index >= 15 is 0 Å². The zero-order chi connectivity index (χ0) is 14.1. The Morgan fingerprint density at radius 1 is 1.40 bits per heavy atom. The standard InChI is InChI=1S/C16H22N2O2/c1-10(2)16-18-13-8-12(6-7-15(13)20-16)17-14(9-19-3)11-4-5-11/h6-8,10-11,14,17H,4-5,9H2,1-3H3. The molecule has 108 valence electrons. The number of rotatable bonds is 6. The lowest BCUT2D eigenvalue weighted by molar-refractivity contribution is 0.179. The maximum Gasteiger partial charge on any atom is 0.198 e. The highest BCUT2D eigenvalue weighted by Gasteiger charge is 2.31. The first kappa shape index (κ1) is 13.4. The summed E-state index contributed by atoms with van der Waals surface area (Å²) in [5.74, 6) is 1.86. The Morgan fingerprint density at radius 3 is 2.85 bits per heavy atom. The van der Waals surface area contributed by atoms with Crippen molar-refractivity contribution >= 4 is 16.8 Å². The van der Waals surface area contributed by atoms with Gasteiger partial charge in [0.2, 0.25) is 0 Å². The molecule has 1 saturated carbocycles. The summed E-state index contributed by atoms with van der Waals surface area (Å²) in [5, 5.41) is 3.57. The van der Waals surface area contributed by atoms with E-state index in [9.17, 15) is 0 Å². The maximum absolute atomic E-state index is 5.73. The number of aromatic nitrogens is 1. The van der Waals surface area contributed by atoms with Crippen LogP contribution in [0.15, 0.2) is 22.6 Å². The van der Waals surface area contributed by atoms with Gasteiger partial charge in [-0.05, 0) is 37.0 Å². The molecule has 2 aromatic rings. The van der Waals surface area contributed by atoms with Crippen LogP contribution in [0.4, 0.5) is 5.69 Å². The molecule has 0 bridgehead atoms. The molecule has 1 aliphatic carbocycles. The molecule has 1 unspecified atom stereocenters. The zero-order valence-corrected chi connectivity index (χ0v) is 12.3. The first-order valence-corrected chi connectivity index (χ1v) is 7.33. The quantitative estimate of drug-likeness (QED) is 0.870. The van der Waals surface area contributed by atoms with Gasteiger partial charge in [0.1, 0.15) is 5.52 Å². The minimum atomic E-state index is 0.312. The van der Waals surface area contributed by atoms with Gasteiger partial charge in [0, 0.05) is 18.7 Å². The van der Waals surface area contributed by atoms with Crippen molar-refractivity contribution in [3.63, 3.8) is 0 Å². The van der Waals surface area contributed by atoms with Crippen molar-refractivity contribution in [2.75, 3.05) is 19.0 Å². The van der Waals surface area contributed by atoms with Gasteiger partial charge in [-0.2, -0.15) is 0 Å². The van der Waals surface area contributed by atoms with Crippen LogP contribution in [0.25, 0.3) is 11.1 Å². The van der Waals surface area contributed by atoms with Gasteiger partial charge in [-0.3, -0.25) is 0 Å². The average Bonchev–Trinajstić information content (AvgIpc) is 3.17. The van der Waals surface area contributed by atoms with Gasteiger partial charge in [-0.1, -0.05) is 13.8 Å². The molecule has 1 fully saturated rings. The van der Waals surface area contributed by atoms with E-state index in [1.165, 1.54) is 12.8 Å². The SMILES string of the molecule is COCC(Nc1ccc2oc(C(C)C)nc2c1)C1CC1. The fourth-order valence-corrected chi connectivity index (χ4v) is 2.47. The highest BCUT2D eigenvalue weighted by atomic mass is 16.5. The predicted octanol–water partition coefficient (Wildman–Crippen LogP) is 3.79. The number of hydrogen-bond acceptors (Lipinski definition) is 4. The summed E-state index contributed by atoms with van der Waals surface area (Å²) >= 11 is 0. The Kier molecular flexibility index (Phi) is 3.66. The molecule has 3 rings (SSSR count). The van der Waals surface area contributed by atoms with Crippen LogP contribution >= 0.6 is 0 Å². The number of fused-ring (bicyclic) bond motifs is 1. The summed E-state index contributed by atoms with van der Waals surface area (Å²) in [5.41, 5.74) is 2.87. The second kappa shape index (κ2) is 5.44. The normalized spacial score (nSPS) is 16.8. The fraction of sp³-hybridized carbons (Fsp3) is 0.562. The molecule has 1 heterocycles. The number of hydrogen-bond donors (Lipinski definition) is 1. The highest BCUT2D eigenvalue weighted by molar-refractivity contribution is 5.77. The lowest BCUT2D eigenvalue weighted by Crippen LogP contribution is -2.27. The third kappa shape index (κ3) is 2.80. The van der Waals surface area contributed by atoms with Crippen LogP contribution in [-0.4, -0.2) is 24.7 Å². The first-order chi connectivity index (χ1) is 9.67. The molecule has 1 atom stereocenters. The molecule has 0 aliphatic heterocycles. The first-order valence-electron chi connectivity index (χ1n) is 7.33. The number of nitrogens with one attached hydrogen (secondary N) is 1. The van der Waals surface area contributed by atoms with Crippen molar-refractivity contribution in [3.8, 4) is 0 Å². The number of methoxy groups -OCH3 is 1. The Hall–Kier alpha value is -1.55. The van der Waals surface area contributed by atoms with E-state index in [0.717, 1.165) is 35.2 Å². The molecule has 1 aromatic carbocycles. The number of benzene rings is 1. The van der Waals surface area contributed by atoms with Gasteiger partial charge < -0.3 is 14.5 Å². The minimum Gasteiger partial charge on any atom is -0.440 e. The highest BCUT2D eigenvalue weighted by Crippen LogP contribution is 2.34. The molecule has 1 aliphatic rings. The summed E-state index contributed by atoms with van der Waals surface area (Å²) in [4.78, 5) is 4.55. The van der Waals surface area contributed by atoms with Gasteiger partial charge in [0.15, 0.2) is 11.5 Å². The van der Waals surface area contributed by atoms with Crippen LogP contribution in [-0.2, 0) is 4.74 Å². The monoisotopic (exact) mass is 274 g/mol. The molecule has 20 heavy (non-hydrogen) atoms. The Morgan fingerprint density at radius 2 is 2.20 bits per heavy atom. The summed E-state index contributed by atoms with van der Waals surface area (Å²) < 4.78 is 11.0. The third-order valence-corrected chi connectivity index (χ3v) is 3.79. The molecule has 0 saturated heterocycles. The topological polar surface area (TPSA) is 47.3 Å². The number of oxazole rings is 1. The third-order valence-electron chi connectivity index (χ3n) is 3.79. The maximum atomic E-state index is 5.73. The molecule has 0 spiro atoms. The second-order valence-corrected chi connectivity index (χ2v) is 5.93. The summed E-state index contributed by atoms with van der Waals surface area (Å²) in [6.07, 6.45) is 2.59. The van der Waals surface area contributed by atoms with Crippen molar-refractivity contribution < 1.29 is 9.15 Å². The van der Waals surface area contributed by atoms with E-state index < -0.39 is 0 Å². The predicted molar refractivity (Wildman–Crippen MR) is 80.1 cm³/mol. The van der Waals surface area contributed by atoms with E-state index in [-0.39, 0.29) is 0 Å². The fourth-order valence-electron chi connectivity index (χ4n) is 2.47. The van der Waals surface area contributed by atoms with Gasteiger partial charge in [-0.25, -0.2) is 4.98 Å². The van der Waals surface area contributed by atoms with Crippen LogP contribution in [0.2, 0.25) is 0 Å². The van der Waals surface area contributed by atoms with Gasteiger partial charge >= 0.3 is 0 Å². The average molecular weight is 274 g/mol. The van der Waals surface area contributed by atoms with E-state index in [1.54, 1.807) is 7.11 Å². The molecule has 0 amide bonds. The van der Waals surface area contributed by atoms with Crippen molar-refractivity contribution in [2.24, 2.45) is 5.92 Å². The minimum absolute atomic E-state index is 0.312. The van der Waals surface area contributed by atoms with Gasteiger partial charge in [0.05, 0.1) is 12.6 Å². The second-order valence-electron chi connectivity index (χ2n) is 5.93. The lowest BCUT2D eigenvalue weighted by atomic mass is 10.2. The molecular formula is C16H22N2O2. The van der Waals surface area contributed by atoms with Crippen molar-refractivity contribution in [1.29, 1.82) is 0 Å². The Labute approximate surface area is 119 Å². The van der Waals surface area contributed by atoms with Crippen LogP contribution in [0.3, 0.4) is 0 Å². The van der Waals surface area contributed by atoms with Crippen LogP contribution in [0.5, 0.6) is 0 Å². The molecule has 4 nitrogen and oxygen atoms in total. The molecule has 1 aromatic heterocycles. The number of nitrogens with zero attached hydrogens (tertiary/aromatic N) is 1. The number of ether oxygens (including phenoxy) is 1. The smallest absolute Gasteiger partial charge is 0.198 e. The summed E-state index contributed by atoms with van der Waals surface area (Å²) in [7, 11) is 1.76. The molecule has 4 heteroatoms. The molecular weight excluding hydrogens is 252 g/mol. The van der Waals surface area contributed by atoms with Gasteiger partial charge in [0.25, 0.3) is 0 Å². The van der Waals surface area contributed by atoms with Gasteiger partial charge in [-0.15, -0.1) is 0 Å². The van der Waals surface area contributed by atoms with E-state index in [0.29, 0.717) is 12.0 Å². The molecule has 0 radical (unpaired) electrons. The van der Waals surface area contributed by atoms with E-state index in [2.05, 4.69) is 36.3 Å². The zero-order valence-electron chi connectivity index (χ0n) is 12.3. The van der Waals surface area contributed by atoms with Crippen molar-refractivity contribution in [2.45, 2.75) is 38.6 Å². The largest absolute Gasteiger partial charge is 0.440 e.